The van der Waals surface area contributed by atoms with Crippen LogP contribution in [-0.4, -0.2) is 25.3 Å². The highest BCUT2D eigenvalue weighted by Gasteiger charge is 2.12. The number of aryl methyl sites for hydroxylation is 1. The van der Waals surface area contributed by atoms with Gasteiger partial charge in [-0.15, -0.1) is 0 Å². The minimum atomic E-state index is -0.157. The van der Waals surface area contributed by atoms with Crippen molar-refractivity contribution in [3.8, 4) is 11.5 Å². The number of carbonyl (C=O) groups is 1. The van der Waals surface area contributed by atoms with Crippen molar-refractivity contribution in [3.63, 3.8) is 0 Å². The third kappa shape index (κ3) is 5.14. The number of nitrogens with one attached hydrogen (secondary N) is 2. The van der Waals surface area contributed by atoms with E-state index in [9.17, 15) is 4.79 Å². The Bertz CT molecular complexity index is 703. The Morgan fingerprint density at radius 3 is 2.60 bits per heavy atom. The number of rotatable bonds is 6. The molecule has 25 heavy (non-hydrogen) atoms. The van der Waals surface area contributed by atoms with Crippen LogP contribution in [0.3, 0.4) is 0 Å². The first-order valence-electron chi connectivity index (χ1n) is 8.67. The number of hydrogen-bond donors (Lipinski definition) is 2. The number of urea groups is 1. The van der Waals surface area contributed by atoms with Crippen LogP contribution in [0.25, 0.3) is 0 Å². The van der Waals surface area contributed by atoms with E-state index < -0.39 is 0 Å². The molecule has 5 heteroatoms. The minimum absolute atomic E-state index is 0.112. The molecule has 0 fully saturated rings. The Morgan fingerprint density at radius 2 is 1.80 bits per heavy atom. The lowest BCUT2D eigenvalue weighted by molar-refractivity contribution is 0.171. The van der Waals surface area contributed by atoms with Gasteiger partial charge in [-0.1, -0.05) is 36.4 Å². The van der Waals surface area contributed by atoms with Crippen LogP contribution in [0.1, 0.15) is 24.5 Å². The van der Waals surface area contributed by atoms with Gasteiger partial charge in [0.25, 0.3) is 0 Å². The summed E-state index contributed by atoms with van der Waals surface area (Å²) in [6, 6.07) is 16.0. The minimum Gasteiger partial charge on any atom is -0.486 e. The summed E-state index contributed by atoms with van der Waals surface area (Å²) in [5.41, 5.74) is 2.27. The average molecular weight is 340 g/mol. The molecule has 2 N–H and O–H groups in total. The second-order valence-electron chi connectivity index (χ2n) is 6.23. The summed E-state index contributed by atoms with van der Waals surface area (Å²) in [5, 5.41) is 5.87. The molecule has 0 bridgehead atoms. The summed E-state index contributed by atoms with van der Waals surface area (Å²) in [6.07, 6.45) is 1.85. The Kier molecular flexibility index (Phi) is 5.77. The fourth-order valence-corrected chi connectivity index (χ4v) is 2.75. The zero-order valence-corrected chi connectivity index (χ0v) is 14.5. The number of benzene rings is 2. The van der Waals surface area contributed by atoms with Crippen LogP contribution in [0.4, 0.5) is 4.79 Å². The SMILES string of the molecule is CC(CCc1ccccc1)NC(=O)NCc1ccc2c(c1)OCCO2. The highest BCUT2D eigenvalue weighted by Crippen LogP contribution is 2.30. The van der Waals surface area contributed by atoms with Crippen molar-refractivity contribution >= 4 is 6.03 Å². The van der Waals surface area contributed by atoms with Gasteiger partial charge >= 0.3 is 6.03 Å². The topological polar surface area (TPSA) is 59.6 Å². The number of amides is 2. The molecule has 0 radical (unpaired) electrons. The standard InChI is InChI=1S/C20H24N2O3/c1-15(7-8-16-5-3-2-4-6-16)22-20(23)21-14-17-9-10-18-19(13-17)25-12-11-24-18/h2-6,9-10,13,15H,7-8,11-12,14H2,1H3,(H2,21,22,23). The highest BCUT2D eigenvalue weighted by molar-refractivity contribution is 5.74. The zero-order valence-electron chi connectivity index (χ0n) is 14.5. The second kappa shape index (κ2) is 8.42. The van der Waals surface area contributed by atoms with Gasteiger partial charge in [0, 0.05) is 12.6 Å². The lowest BCUT2D eigenvalue weighted by Crippen LogP contribution is -2.40. The quantitative estimate of drug-likeness (QED) is 0.848. The molecule has 1 heterocycles. The van der Waals surface area contributed by atoms with E-state index in [0.717, 1.165) is 29.9 Å². The molecule has 0 aliphatic carbocycles. The van der Waals surface area contributed by atoms with Crippen LogP contribution >= 0.6 is 0 Å². The van der Waals surface area contributed by atoms with Gasteiger partial charge < -0.3 is 20.1 Å². The van der Waals surface area contributed by atoms with Crippen molar-refractivity contribution in [1.82, 2.24) is 10.6 Å². The monoisotopic (exact) mass is 340 g/mol. The van der Waals surface area contributed by atoms with Crippen molar-refractivity contribution in [2.45, 2.75) is 32.4 Å². The van der Waals surface area contributed by atoms with Crippen LogP contribution in [0, 0.1) is 0 Å². The number of ether oxygens (including phenoxy) is 2. The zero-order chi connectivity index (χ0) is 17.5. The van der Waals surface area contributed by atoms with Crippen molar-refractivity contribution in [2.75, 3.05) is 13.2 Å². The summed E-state index contributed by atoms with van der Waals surface area (Å²) in [5.74, 6) is 1.50. The molecule has 2 aromatic carbocycles. The Labute approximate surface area is 148 Å². The molecule has 0 saturated carbocycles. The average Bonchev–Trinajstić information content (AvgIpc) is 2.65. The fraction of sp³-hybridized carbons (Fsp3) is 0.350. The molecule has 1 aliphatic heterocycles. The lowest BCUT2D eigenvalue weighted by atomic mass is 10.1. The first-order chi connectivity index (χ1) is 12.2. The first-order valence-corrected chi connectivity index (χ1v) is 8.67. The van der Waals surface area contributed by atoms with E-state index in [-0.39, 0.29) is 12.1 Å². The van der Waals surface area contributed by atoms with Gasteiger partial charge in [0.1, 0.15) is 13.2 Å². The summed E-state index contributed by atoms with van der Waals surface area (Å²) in [7, 11) is 0. The molecule has 5 nitrogen and oxygen atoms in total. The maximum Gasteiger partial charge on any atom is 0.315 e. The Morgan fingerprint density at radius 1 is 1.04 bits per heavy atom. The molecule has 3 rings (SSSR count). The van der Waals surface area contributed by atoms with Crippen LogP contribution in [0.15, 0.2) is 48.5 Å². The summed E-state index contributed by atoms with van der Waals surface area (Å²) < 4.78 is 11.1. The molecule has 0 aromatic heterocycles. The van der Waals surface area contributed by atoms with Crippen LogP contribution in [-0.2, 0) is 13.0 Å². The van der Waals surface area contributed by atoms with Gasteiger partial charge in [-0.25, -0.2) is 4.79 Å². The molecule has 0 spiro atoms. The van der Waals surface area contributed by atoms with Gasteiger partial charge in [0.05, 0.1) is 0 Å². The van der Waals surface area contributed by atoms with E-state index in [2.05, 4.69) is 22.8 Å². The Balaban J connectivity index is 1.41. The molecule has 2 amide bonds. The molecule has 2 aromatic rings. The van der Waals surface area contributed by atoms with E-state index in [1.54, 1.807) is 0 Å². The van der Waals surface area contributed by atoms with Crippen LogP contribution in [0.2, 0.25) is 0 Å². The second-order valence-corrected chi connectivity index (χ2v) is 6.23. The summed E-state index contributed by atoms with van der Waals surface area (Å²) >= 11 is 0. The highest BCUT2D eigenvalue weighted by atomic mass is 16.6. The third-order valence-corrected chi connectivity index (χ3v) is 4.15. The lowest BCUT2D eigenvalue weighted by Gasteiger charge is -2.19. The molecular formula is C20H24N2O3. The van der Waals surface area contributed by atoms with E-state index in [1.807, 2.05) is 43.3 Å². The number of fused-ring (bicyclic) bond motifs is 1. The molecular weight excluding hydrogens is 316 g/mol. The van der Waals surface area contributed by atoms with Crippen molar-refractivity contribution < 1.29 is 14.3 Å². The first kappa shape index (κ1) is 17.1. The Hall–Kier alpha value is -2.69. The maximum absolute atomic E-state index is 12.0. The van der Waals surface area contributed by atoms with E-state index in [1.165, 1.54) is 5.56 Å². The molecule has 132 valence electrons. The van der Waals surface area contributed by atoms with Crippen molar-refractivity contribution in [1.29, 1.82) is 0 Å². The number of hydrogen-bond acceptors (Lipinski definition) is 3. The molecule has 1 unspecified atom stereocenters. The van der Waals surface area contributed by atoms with E-state index >= 15 is 0 Å². The van der Waals surface area contributed by atoms with Gasteiger partial charge in [-0.3, -0.25) is 0 Å². The molecule has 0 saturated heterocycles. The fourth-order valence-electron chi connectivity index (χ4n) is 2.75. The van der Waals surface area contributed by atoms with Gasteiger partial charge in [-0.2, -0.15) is 0 Å². The number of carbonyl (C=O) groups excluding carboxylic acids is 1. The molecule has 1 atom stereocenters. The van der Waals surface area contributed by atoms with Crippen LogP contribution in [0.5, 0.6) is 11.5 Å². The summed E-state index contributed by atoms with van der Waals surface area (Å²) in [6.45, 7) is 3.61. The predicted octanol–water partition coefficient (Wildman–Crippen LogP) is 3.28. The smallest absolute Gasteiger partial charge is 0.315 e. The van der Waals surface area contributed by atoms with E-state index in [0.29, 0.717) is 19.8 Å². The van der Waals surface area contributed by atoms with Crippen molar-refractivity contribution in [3.05, 3.63) is 59.7 Å². The summed E-state index contributed by atoms with van der Waals surface area (Å²) in [4.78, 5) is 12.0. The van der Waals surface area contributed by atoms with E-state index in [4.69, 9.17) is 9.47 Å². The van der Waals surface area contributed by atoms with Gasteiger partial charge in [0.15, 0.2) is 11.5 Å². The van der Waals surface area contributed by atoms with Crippen molar-refractivity contribution in [2.24, 2.45) is 0 Å². The molecule has 1 aliphatic rings. The van der Waals surface area contributed by atoms with Crippen LogP contribution < -0.4 is 20.1 Å². The maximum atomic E-state index is 12.0. The largest absolute Gasteiger partial charge is 0.486 e. The van der Waals surface area contributed by atoms with Gasteiger partial charge in [0.2, 0.25) is 0 Å². The predicted molar refractivity (Wildman–Crippen MR) is 97.0 cm³/mol. The third-order valence-electron chi connectivity index (χ3n) is 4.15. The van der Waals surface area contributed by atoms with Gasteiger partial charge in [-0.05, 0) is 43.0 Å². The normalized spacial score (nSPS) is 13.8.